The molecule has 226 valence electrons. The zero-order valence-corrected chi connectivity index (χ0v) is 27.2. The fourth-order valence-corrected chi connectivity index (χ4v) is 9.60. The van der Waals surface area contributed by atoms with E-state index >= 15 is 0 Å². The lowest BCUT2D eigenvalue weighted by atomic mass is 9.68. The Balaban J connectivity index is 1.12. The van der Waals surface area contributed by atoms with Gasteiger partial charge in [-0.2, -0.15) is 0 Å². The number of allylic oxidation sites excluding steroid dienone is 14. The van der Waals surface area contributed by atoms with E-state index in [1.165, 1.54) is 82.4 Å². The van der Waals surface area contributed by atoms with Crippen LogP contribution >= 0.6 is 0 Å². The van der Waals surface area contributed by atoms with Gasteiger partial charge in [0.1, 0.15) is 0 Å². The van der Waals surface area contributed by atoms with Gasteiger partial charge in [0.2, 0.25) is 0 Å². The standard InChI is InChI=1S/C47H38/c1-47(2)44-25-22-30(29-13-11-14-31(26-29)42-28-32-12-3-4-15-33(32)34-16-5-8-20-38(34)42)27-43(44)41-24-23-40-37-19-7-6-17-35(37)36-18-9-10-21-39(36)45(40)46(41)47/h4-10,13,15-28,34,38H,3,11-12,14H2,1-2H3. The number of hydrogen-bond donors (Lipinski definition) is 0. The Bertz CT molecular complexity index is 2390. The summed E-state index contributed by atoms with van der Waals surface area (Å²) >= 11 is 0. The molecule has 10 rings (SSSR count). The molecule has 5 aromatic carbocycles. The van der Waals surface area contributed by atoms with Crippen molar-refractivity contribution in [1.29, 1.82) is 0 Å². The smallest absolute Gasteiger partial charge is 0.0165 e. The molecule has 47 heavy (non-hydrogen) atoms. The van der Waals surface area contributed by atoms with Crippen LogP contribution in [0.25, 0.3) is 49.0 Å². The van der Waals surface area contributed by atoms with E-state index < -0.39 is 0 Å². The van der Waals surface area contributed by atoms with Gasteiger partial charge in [-0.15, -0.1) is 0 Å². The highest BCUT2D eigenvalue weighted by molar-refractivity contribution is 6.27. The van der Waals surface area contributed by atoms with Crippen LogP contribution in [-0.4, -0.2) is 0 Å². The maximum atomic E-state index is 2.55. The zero-order chi connectivity index (χ0) is 31.3. The molecular formula is C47H38. The molecule has 2 unspecified atom stereocenters. The molecule has 0 saturated carbocycles. The van der Waals surface area contributed by atoms with Gasteiger partial charge in [-0.25, -0.2) is 0 Å². The van der Waals surface area contributed by atoms with E-state index in [1.54, 1.807) is 5.57 Å². The van der Waals surface area contributed by atoms with Crippen LogP contribution in [0.5, 0.6) is 0 Å². The van der Waals surface area contributed by atoms with Gasteiger partial charge in [0.05, 0.1) is 0 Å². The number of fused-ring (bicyclic) bond motifs is 12. The van der Waals surface area contributed by atoms with Crippen molar-refractivity contribution in [3.8, 4) is 11.1 Å². The predicted molar refractivity (Wildman–Crippen MR) is 201 cm³/mol. The zero-order valence-electron chi connectivity index (χ0n) is 27.2. The van der Waals surface area contributed by atoms with Gasteiger partial charge in [0.25, 0.3) is 0 Å². The molecule has 0 spiro atoms. The number of benzene rings is 5. The highest BCUT2D eigenvalue weighted by Crippen LogP contribution is 2.54. The molecule has 0 saturated heterocycles. The molecule has 5 aliphatic carbocycles. The van der Waals surface area contributed by atoms with Crippen molar-refractivity contribution in [3.05, 3.63) is 173 Å². The second-order valence-electron chi connectivity index (χ2n) is 14.6. The van der Waals surface area contributed by atoms with Crippen molar-refractivity contribution >= 4 is 37.9 Å². The van der Waals surface area contributed by atoms with E-state index in [1.807, 2.05) is 0 Å². The Morgan fingerprint density at radius 1 is 0.660 bits per heavy atom. The molecule has 0 heteroatoms. The lowest BCUT2D eigenvalue weighted by Gasteiger charge is -2.36. The largest absolute Gasteiger partial charge is 0.0839 e. The molecule has 0 nitrogen and oxygen atoms in total. The molecule has 5 aliphatic rings. The molecule has 0 amide bonds. The SMILES string of the molecule is CC1(C)c2ccc(C3=CCCC(C4=CC5=C(C=CCC5)C5C=CC=CC45)=C3)cc2-c2ccc3c4ccccc4c4ccccc4c3c21. The third kappa shape index (κ3) is 3.88. The van der Waals surface area contributed by atoms with Crippen molar-refractivity contribution < 1.29 is 0 Å². The quantitative estimate of drug-likeness (QED) is 0.176. The number of hydrogen-bond acceptors (Lipinski definition) is 0. The van der Waals surface area contributed by atoms with Crippen LogP contribution < -0.4 is 0 Å². The molecule has 0 bridgehead atoms. The van der Waals surface area contributed by atoms with Crippen LogP contribution in [-0.2, 0) is 5.41 Å². The van der Waals surface area contributed by atoms with E-state index in [0.29, 0.717) is 11.8 Å². The topological polar surface area (TPSA) is 0 Å². The second kappa shape index (κ2) is 10.0. The van der Waals surface area contributed by atoms with E-state index in [0.717, 1.165) is 25.7 Å². The van der Waals surface area contributed by atoms with Gasteiger partial charge in [-0.05, 0) is 120 Å². The molecule has 0 aromatic heterocycles. The van der Waals surface area contributed by atoms with E-state index in [4.69, 9.17) is 0 Å². The Morgan fingerprint density at radius 3 is 2.19 bits per heavy atom. The van der Waals surface area contributed by atoms with E-state index in [-0.39, 0.29) is 5.41 Å². The Kier molecular flexibility index (Phi) is 5.80. The van der Waals surface area contributed by atoms with Crippen LogP contribution in [0.2, 0.25) is 0 Å². The van der Waals surface area contributed by atoms with Crippen molar-refractivity contribution in [2.45, 2.75) is 44.9 Å². The third-order valence-electron chi connectivity index (χ3n) is 11.8. The molecule has 0 heterocycles. The minimum Gasteiger partial charge on any atom is -0.0839 e. The summed E-state index contributed by atoms with van der Waals surface area (Å²) in [5, 5.41) is 8.16. The fourth-order valence-electron chi connectivity index (χ4n) is 9.60. The van der Waals surface area contributed by atoms with Gasteiger partial charge in [0, 0.05) is 17.3 Å². The van der Waals surface area contributed by atoms with Gasteiger partial charge >= 0.3 is 0 Å². The summed E-state index contributed by atoms with van der Waals surface area (Å²) in [5.74, 6) is 0.891. The summed E-state index contributed by atoms with van der Waals surface area (Å²) in [6.07, 6.45) is 26.2. The number of rotatable bonds is 2. The predicted octanol–water partition coefficient (Wildman–Crippen LogP) is 12.5. The summed E-state index contributed by atoms with van der Waals surface area (Å²) in [7, 11) is 0. The maximum absolute atomic E-state index is 2.55. The summed E-state index contributed by atoms with van der Waals surface area (Å²) in [6, 6.07) is 30.1. The lowest BCUT2D eigenvalue weighted by Crippen LogP contribution is -2.23. The van der Waals surface area contributed by atoms with Gasteiger partial charge < -0.3 is 0 Å². The molecule has 0 radical (unpaired) electrons. The Labute approximate surface area is 277 Å². The molecule has 0 N–H and O–H groups in total. The first-order chi connectivity index (χ1) is 23.1. The molecule has 0 aliphatic heterocycles. The van der Waals surface area contributed by atoms with Gasteiger partial charge in [0.15, 0.2) is 0 Å². The van der Waals surface area contributed by atoms with Gasteiger partial charge in [-0.1, -0.05) is 141 Å². The fraction of sp³-hybridized carbons (Fsp3) is 0.191. The first kappa shape index (κ1) is 27.2. The van der Waals surface area contributed by atoms with E-state index in [9.17, 15) is 0 Å². The van der Waals surface area contributed by atoms with Crippen LogP contribution in [0.4, 0.5) is 0 Å². The minimum atomic E-state index is -0.0987. The lowest BCUT2D eigenvalue weighted by molar-refractivity contribution is 0.588. The summed E-state index contributed by atoms with van der Waals surface area (Å²) in [6.45, 7) is 4.86. The Morgan fingerprint density at radius 2 is 1.38 bits per heavy atom. The average molecular weight is 603 g/mol. The second-order valence-corrected chi connectivity index (χ2v) is 14.6. The average Bonchev–Trinajstić information content (AvgIpc) is 3.37. The van der Waals surface area contributed by atoms with Gasteiger partial charge in [-0.3, -0.25) is 0 Å². The molecule has 0 fully saturated rings. The summed E-state index contributed by atoms with van der Waals surface area (Å²) < 4.78 is 0. The van der Waals surface area contributed by atoms with Crippen molar-refractivity contribution in [2.24, 2.45) is 11.8 Å². The van der Waals surface area contributed by atoms with Crippen molar-refractivity contribution in [3.63, 3.8) is 0 Å². The highest BCUT2D eigenvalue weighted by Gasteiger charge is 2.38. The van der Waals surface area contributed by atoms with Crippen LogP contribution in [0.15, 0.2) is 156 Å². The molecular weight excluding hydrogens is 565 g/mol. The van der Waals surface area contributed by atoms with E-state index in [2.05, 4.69) is 147 Å². The monoisotopic (exact) mass is 602 g/mol. The first-order valence-electron chi connectivity index (χ1n) is 17.5. The molecule has 2 atom stereocenters. The maximum Gasteiger partial charge on any atom is 0.0165 e. The van der Waals surface area contributed by atoms with Crippen molar-refractivity contribution in [2.75, 3.05) is 0 Å². The first-order valence-corrected chi connectivity index (χ1v) is 17.5. The highest BCUT2D eigenvalue weighted by atomic mass is 14.4. The normalized spacial score (nSPS) is 22.1. The summed E-state index contributed by atoms with van der Waals surface area (Å²) in [4.78, 5) is 0. The Hall–Kier alpha value is -4.94. The third-order valence-corrected chi connectivity index (χ3v) is 11.8. The molecule has 5 aromatic rings. The van der Waals surface area contributed by atoms with Crippen LogP contribution in [0.3, 0.4) is 0 Å². The van der Waals surface area contributed by atoms with Crippen molar-refractivity contribution in [1.82, 2.24) is 0 Å². The summed E-state index contributed by atoms with van der Waals surface area (Å²) in [5.41, 5.74) is 14.4. The van der Waals surface area contributed by atoms with Crippen LogP contribution in [0.1, 0.15) is 56.2 Å². The minimum absolute atomic E-state index is 0.0987. The van der Waals surface area contributed by atoms with Crippen LogP contribution in [0, 0.1) is 11.8 Å².